The molecule has 2 aliphatic carbocycles. The van der Waals surface area contributed by atoms with Crippen LogP contribution in [0.15, 0.2) is 59.7 Å². The number of benzene rings is 2. The van der Waals surface area contributed by atoms with Crippen LogP contribution in [0.5, 0.6) is 5.75 Å². The zero-order valence-electron chi connectivity index (χ0n) is 25.0. The van der Waals surface area contributed by atoms with E-state index in [-0.39, 0.29) is 41.4 Å². The molecular formula is C35H41BFNO5. The third-order valence-electron chi connectivity index (χ3n) is 10.0. The minimum Gasteiger partial charge on any atom is -0.505 e. The lowest BCUT2D eigenvalue weighted by molar-refractivity contribution is -0.143. The van der Waals surface area contributed by atoms with Crippen LogP contribution < -0.4 is 0 Å². The summed E-state index contributed by atoms with van der Waals surface area (Å²) in [6.45, 7) is 4.27. The van der Waals surface area contributed by atoms with Crippen LogP contribution in [-0.4, -0.2) is 46.1 Å². The van der Waals surface area contributed by atoms with Gasteiger partial charge in [-0.05, 0) is 84.7 Å². The Kier molecular flexibility index (Phi) is 8.61. The predicted octanol–water partition coefficient (Wildman–Crippen LogP) is 6.64. The second-order valence-electron chi connectivity index (χ2n) is 13.0. The molecule has 0 spiro atoms. The second kappa shape index (κ2) is 12.4. The smallest absolute Gasteiger partial charge is 0.455 e. The molecule has 3 fully saturated rings. The third-order valence-corrected chi connectivity index (χ3v) is 10.0. The summed E-state index contributed by atoms with van der Waals surface area (Å²) in [4.78, 5) is 29.4. The van der Waals surface area contributed by atoms with Crippen LogP contribution in [0.25, 0.3) is 11.6 Å². The summed E-state index contributed by atoms with van der Waals surface area (Å²) in [7, 11) is -1.02. The lowest BCUT2D eigenvalue weighted by Gasteiger charge is -2.44. The normalized spacial score (nSPS) is 26.8. The maximum atomic E-state index is 14.2. The highest BCUT2D eigenvalue weighted by Crippen LogP contribution is 2.53. The Morgan fingerprint density at radius 1 is 1.07 bits per heavy atom. The van der Waals surface area contributed by atoms with E-state index in [1.807, 2.05) is 36.4 Å². The highest BCUT2D eigenvalue weighted by molar-refractivity contribution is 6.43. The van der Waals surface area contributed by atoms with Crippen molar-refractivity contribution in [2.24, 2.45) is 23.7 Å². The summed E-state index contributed by atoms with van der Waals surface area (Å²) < 4.78 is 20.4. The van der Waals surface area contributed by atoms with Crippen molar-refractivity contribution >= 4 is 30.6 Å². The molecule has 0 aromatic heterocycles. The summed E-state index contributed by atoms with van der Waals surface area (Å²) >= 11 is 0. The van der Waals surface area contributed by atoms with Gasteiger partial charge in [0.2, 0.25) is 11.8 Å². The van der Waals surface area contributed by atoms with Gasteiger partial charge in [0.15, 0.2) is 11.6 Å². The molecule has 0 radical (unpaired) electrons. The Labute approximate surface area is 253 Å². The van der Waals surface area contributed by atoms with Gasteiger partial charge >= 0.3 is 7.12 Å². The van der Waals surface area contributed by atoms with E-state index in [4.69, 9.17) is 4.65 Å². The highest BCUT2D eigenvalue weighted by atomic mass is 19.1. The number of carbonyl (C=O) groups excluding carboxylic acids is 2. The fourth-order valence-corrected chi connectivity index (χ4v) is 8.03. The third kappa shape index (κ3) is 5.84. The van der Waals surface area contributed by atoms with Gasteiger partial charge in [-0.3, -0.25) is 14.5 Å². The van der Waals surface area contributed by atoms with Gasteiger partial charge in [0.1, 0.15) is 0 Å². The second-order valence-corrected chi connectivity index (χ2v) is 13.0. The van der Waals surface area contributed by atoms with Crippen molar-refractivity contribution in [2.75, 3.05) is 0 Å². The first-order chi connectivity index (χ1) is 20.7. The van der Waals surface area contributed by atoms with Crippen molar-refractivity contribution in [3.05, 3.63) is 76.6 Å². The average molecular weight is 586 g/mol. The number of aromatic hydroxyl groups is 1. The number of likely N-dealkylation sites (tertiary alicyclic amines) is 1. The molecule has 0 bridgehead atoms. The number of phenolic OH excluding ortho intramolecular Hbond substituents is 1. The van der Waals surface area contributed by atoms with Gasteiger partial charge in [-0.2, -0.15) is 0 Å². The molecule has 2 aromatic rings. The first-order valence-corrected chi connectivity index (χ1v) is 15.9. The fraction of sp³-hybridized carbons (Fsp3) is 0.486. The van der Waals surface area contributed by atoms with Crippen LogP contribution >= 0.6 is 0 Å². The molecule has 6 nitrogen and oxygen atoms in total. The zero-order chi connectivity index (χ0) is 30.2. The molecule has 43 heavy (non-hydrogen) atoms. The monoisotopic (exact) mass is 585 g/mol. The van der Waals surface area contributed by atoms with E-state index in [0.29, 0.717) is 31.1 Å². The fourth-order valence-electron chi connectivity index (χ4n) is 8.03. The van der Waals surface area contributed by atoms with Crippen LogP contribution in [0.1, 0.15) is 76.3 Å². The van der Waals surface area contributed by atoms with Gasteiger partial charge in [0, 0.05) is 6.04 Å². The number of amides is 2. The number of imide groups is 1. The van der Waals surface area contributed by atoms with E-state index in [0.717, 1.165) is 48.8 Å². The first-order valence-electron chi connectivity index (χ1n) is 15.9. The molecule has 1 saturated carbocycles. The number of phenols is 1. The molecule has 2 amide bonds. The number of nitrogens with zero attached hydrogens (tertiary/aromatic N) is 1. The number of hydrogen-bond donors (Lipinski definition) is 2. The molecule has 2 aliphatic heterocycles. The zero-order valence-corrected chi connectivity index (χ0v) is 25.0. The molecule has 4 atom stereocenters. The van der Waals surface area contributed by atoms with Crippen molar-refractivity contribution in [3.63, 3.8) is 0 Å². The highest BCUT2D eigenvalue weighted by Gasteiger charge is 2.58. The Balaban J connectivity index is 1.32. The topological polar surface area (TPSA) is 87.1 Å². The summed E-state index contributed by atoms with van der Waals surface area (Å²) in [6, 6.07) is 14.2. The molecule has 226 valence electrons. The van der Waals surface area contributed by atoms with Crippen molar-refractivity contribution < 1.29 is 28.8 Å². The van der Waals surface area contributed by atoms with Gasteiger partial charge in [-0.15, -0.1) is 0 Å². The summed E-state index contributed by atoms with van der Waals surface area (Å²) in [5.74, 6) is -2.01. The lowest BCUT2D eigenvalue weighted by atomic mass is 9.57. The van der Waals surface area contributed by atoms with E-state index in [2.05, 4.69) is 13.8 Å². The van der Waals surface area contributed by atoms with E-state index in [1.54, 1.807) is 11.0 Å². The van der Waals surface area contributed by atoms with Crippen LogP contribution in [0, 0.1) is 29.5 Å². The molecule has 2 N–H and O–H groups in total. The summed E-state index contributed by atoms with van der Waals surface area (Å²) in [5, 5.41) is 20.6. The van der Waals surface area contributed by atoms with Crippen LogP contribution in [0.3, 0.4) is 0 Å². The average Bonchev–Trinajstić information content (AvgIpc) is 3.26. The first kappa shape index (κ1) is 29.8. The van der Waals surface area contributed by atoms with Gasteiger partial charge < -0.3 is 14.8 Å². The molecule has 8 heteroatoms. The molecule has 4 aliphatic rings. The molecule has 0 unspecified atom stereocenters. The Morgan fingerprint density at radius 2 is 1.81 bits per heavy atom. The standard InChI is InChI=1S/C35H41BFNO5/c1-21(2)26-19-27-33(35(41)38(34(27)40)25-11-7-4-8-12-25)28-20-36(42)43-31(32(26)28)16-14-24(23-9-5-3-6-10-23)17-22-13-15-30(39)29(37)18-22/h3,5-6,9-10,13,15,17-18,21,25,27-28,31,33,39,42H,4,7-8,11-12,14,16,19-20H2,1-2H3/b24-17-/t27-,28+,31-,33-/m1/s1. The lowest BCUT2D eigenvalue weighted by Crippen LogP contribution is -2.47. The molecule has 2 aromatic carbocycles. The number of carbonyl (C=O) groups is 2. The number of allylic oxidation sites excluding steroid dienone is 2. The molecular weight excluding hydrogens is 544 g/mol. The van der Waals surface area contributed by atoms with Gasteiger partial charge in [0.05, 0.1) is 17.9 Å². The summed E-state index contributed by atoms with van der Waals surface area (Å²) in [5.41, 5.74) is 4.88. The van der Waals surface area contributed by atoms with Crippen LogP contribution in [0.2, 0.25) is 6.32 Å². The largest absolute Gasteiger partial charge is 0.505 e. The van der Waals surface area contributed by atoms with Crippen molar-refractivity contribution in [2.45, 2.75) is 83.7 Å². The van der Waals surface area contributed by atoms with Crippen molar-refractivity contribution in [1.82, 2.24) is 4.90 Å². The number of halogens is 1. The van der Waals surface area contributed by atoms with E-state index in [1.165, 1.54) is 17.7 Å². The van der Waals surface area contributed by atoms with Gasteiger partial charge in [-0.1, -0.05) is 81.2 Å². The Morgan fingerprint density at radius 3 is 2.51 bits per heavy atom. The minimum absolute atomic E-state index is 0.00540. The van der Waals surface area contributed by atoms with Crippen LogP contribution in [0.4, 0.5) is 4.39 Å². The van der Waals surface area contributed by atoms with E-state index >= 15 is 0 Å². The number of hydrogen-bond acceptors (Lipinski definition) is 5. The quantitative estimate of drug-likeness (QED) is 0.165. The number of fused-ring (bicyclic) bond motifs is 3. The van der Waals surface area contributed by atoms with E-state index < -0.39 is 25.0 Å². The Hall–Kier alpha value is -3.23. The molecule has 6 rings (SSSR count). The van der Waals surface area contributed by atoms with Crippen molar-refractivity contribution in [3.8, 4) is 5.75 Å². The van der Waals surface area contributed by atoms with Crippen LogP contribution in [-0.2, 0) is 14.2 Å². The minimum atomic E-state index is -1.02. The van der Waals surface area contributed by atoms with Gasteiger partial charge in [0.25, 0.3) is 0 Å². The summed E-state index contributed by atoms with van der Waals surface area (Å²) in [6.07, 6.45) is 8.55. The molecule has 2 heterocycles. The van der Waals surface area contributed by atoms with Gasteiger partial charge in [-0.25, -0.2) is 4.39 Å². The predicted molar refractivity (Wildman–Crippen MR) is 165 cm³/mol. The maximum absolute atomic E-state index is 14.2. The van der Waals surface area contributed by atoms with Crippen molar-refractivity contribution in [1.29, 1.82) is 0 Å². The number of rotatable bonds is 7. The molecule has 2 saturated heterocycles. The van der Waals surface area contributed by atoms with E-state index in [9.17, 15) is 24.1 Å². The Bertz CT molecular complexity index is 1430. The SMILES string of the molecule is CC(C)C1=C2[C@@H](CC/C(=C/c3ccc(O)c(F)c3)c3ccccc3)OB(O)C[C@@H]2[C@@H]2C(=O)N(C3CCCCC3)C(=O)[C@@H]2C1. The maximum Gasteiger partial charge on any atom is 0.455 e.